The molecule has 0 aliphatic rings. The number of carbonyl (C=O) groups excluding carboxylic acids is 3. The van der Waals surface area contributed by atoms with Gasteiger partial charge in [-0.15, -0.1) is 0 Å². The molecule has 8 nitrogen and oxygen atoms in total. The van der Waals surface area contributed by atoms with Crippen LogP contribution >= 0.6 is 0 Å². The van der Waals surface area contributed by atoms with E-state index in [-0.39, 0.29) is 11.7 Å². The molecule has 0 spiro atoms. The van der Waals surface area contributed by atoms with Crippen molar-refractivity contribution in [3.63, 3.8) is 0 Å². The zero-order valence-electron chi connectivity index (χ0n) is 22.9. The number of nitrogens with zero attached hydrogens (tertiary/aromatic N) is 1. The van der Waals surface area contributed by atoms with E-state index in [0.717, 1.165) is 11.1 Å². The molecule has 0 saturated carbocycles. The second-order valence-corrected chi connectivity index (χ2v) is 8.81. The van der Waals surface area contributed by atoms with Crippen LogP contribution in [0.1, 0.15) is 34.0 Å². The zero-order chi connectivity index (χ0) is 29.6. The Morgan fingerprint density at radius 2 is 1.38 bits per heavy atom. The average molecular weight is 560 g/mol. The number of hydrogen-bond donors (Lipinski definition) is 2. The summed E-state index contributed by atoms with van der Waals surface area (Å²) in [6.07, 6.45) is 7.63. The summed E-state index contributed by atoms with van der Waals surface area (Å²) in [7, 11) is 0. The molecule has 4 rings (SSSR count). The van der Waals surface area contributed by atoms with Crippen molar-refractivity contribution in [2.24, 2.45) is 5.10 Å². The first kappa shape index (κ1) is 29.2. The van der Waals surface area contributed by atoms with Gasteiger partial charge < -0.3 is 14.8 Å². The van der Waals surface area contributed by atoms with E-state index in [1.165, 1.54) is 18.4 Å². The van der Waals surface area contributed by atoms with Gasteiger partial charge in [0, 0.05) is 23.4 Å². The zero-order valence-corrected chi connectivity index (χ0v) is 22.9. The molecule has 0 saturated heterocycles. The molecule has 42 heavy (non-hydrogen) atoms. The van der Waals surface area contributed by atoms with Crippen LogP contribution in [-0.2, 0) is 9.59 Å². The molecule has 2 amide bonds. The van der Waals surface area contributed by atoms with Crippen molar-refractivity contribution < 1.29 is 23.9 Å². The minimum absolute atomic E-state index is 0.267. The molecule has 4 aromatic carbocycles. The molecule has 0 unspecified atom stereocenters. The number of rotatable bonds is 11. The number of amides is 2. The highest BCUT2D eigenvalue weighted by atomic mass is 16.6. The quantitative estimate of drug-likeness (QED) is 0.0757. The molecule has 210 valence electrons. The van der Waals surface area contributed by atoms with Crippen LogP contribution in [0.4, 0.5) is 5.69 Å². The van der Waals surface area contributed by atoms with Gasteiger partial charge in [-0.1, -0.05) is 60.7 Å². The summed E-state index contributed by atoms with van der Waals surface area (Å²) in [5, 5.41) is 6.77. The molecule has 0 fully saturated rings. The lowest BCUT2D eigenvalue weighted by atomic mass is 10.2. The Morgan fingerprint density at radius 1 is 0.738 bits per heavy atom. The fourth-order valence-electron chi connectivity index (χ4n) is 3.68. The van der Waals surface area contributed by atoms with E-state index in [1.54, 1.807) is 54.6 Å². The van der Waals surface area contributed by atoms with E-state index in [0.29, 0.717) is 29.2 Å². The molecule has 0 aliphatic carbocycles. The van der Waals surface area contributed by atoms with Crippen molar-refractivity contribution >= 4 is 41.8 Å². The van der Waals surface area contributed by atoms with Gasteiger partial charge in [-0.3, -0.25) is 9.59 Å². The normalized spacial score (nSPS) is 11.1. The van der Waals surface area contributed by atoms with Crippen LogP contribution in [0.15, 0.2) is 120 Å². The summed E-state index contributed by atoms with van der Waals surface area (Å²) in [5.74, 6) is -0.609. The van der Waals surface area contributed by atoms with Crippen LogP contribution < -0.4 is 20.2 Å². The number of nitrogens with one attached hydrogen (secondary N) is 2. The number of benzene rings is 4. The largest absolute Gasteiger partial charge is 0.490 e. The highest BCUT2D eigenvalue weighted by molar-refractivity contribution is 6.02. The Kier molecular flexibility index (Phi) is 10.5. The third kappa shape index (κ3) is 9.17. The highest BCUT2D eigenvalue weighted by Gasteiger charge is 2.10. The third-order valence-corrected chi connectivity index (χ3v) is 5.71. The number of hydrazone groups is 1. The van der Waals surface area contributed by atoms with Crippen molar-refractivity contribution in [1.82, 2.24) is 5.43 Å². The second kappa shape index (κ2) is 15.1. The number of hydrogen-bond acceptors (Lipinski definition) is 6. The van der Waals surface area contributed by atoms with Crippen molar-refractivity contribution in [1.29, 1.82) is 0 Å². The summed E-state index contributed by atoms with van der Waals surface area (Å²) in [5.41, 5.74) is 5.81. The Hall–Kier alpha value is -5.76. The highest BCUT2D eigenvalue weighted by Crippen LogP contribution is 2.28. The minimum Gasteiger partial charge on any atom is -0.490 e. The molecule has 8 heteroatoms. The maximum absolute atomic E-state index is 12.5. The van der Waals surface area contributed by atoms with Crippen molar-refractivity contribution in [2.45, 2.75) is 6.92 Å². The van der Waals surface area contributed by atoms with Gasteiger partial charge in [0.25, 0.3) is 5.91 Å². The van der Waals surface area contributed by atoms with Gasteiger partial charge >= 0.3 is 5.97 Å². The van der Waals surface area contributed by atoms with E-state index in [2.05, 4.69) is 15.8 Å². The number of ether oxygens (including phenoxy) is 2. The molecule has 0 bridgehead atoms. The summed E-state index contributed by atoms with van der Waals surface area (Å²) in [6, 6.07) is 30.3. The van der Waals surface area contributed by atoms with E-state index in [1.807, 2.05) is 67.6 Å². The summed E-state index contributed by atoms with van der Waals surface area (Å²) in [4.78, 5) is 37.0. The van der Waals surface area contributed by atoms with Gasteiger partial charge in [-0.25, -0.2) is 10.2 Å². The summed E-state index contributed by atoms with van der Waals surface area (Å²) < 4.78 is 11.1. The lowest BCUT2D eigenvalue weighted by molar-refractivity contribution is -0.129. The second-order valence-electron chi connectivity index (χ2n) is 8.81. The molecular weight excluding hydrogens is 530 g/mol. The SMILES string of the molecule is CCOc1cc(/C=N\NC(=O)c2ccc(NC(=O)/C=C/c3ccccc3)cc2)ccc1OC(=O)/C=C/c1ccccc1. The Labute approximate surface area is 244 Å². The van der Waals surface area contributed by atoms with Crippen LogP contribution in [0.3, 0.4) is 0 Å². The maximum Gasteiger partial charge on any atom is 0.336 e. The van der Waals surface area contributed by atoms with Gasteiger partial charge in [0.15, 0.2) is 11.5 Å². The molecule has 0 radical (unpaired) electrons. The van der Waals surface area contributed by atoms with Crippen LogP contribution in [0, 0.1) is 0 Å². The van der Waals surface area contributed by atoms with Crippen molar-refractivity contribution in [3.05, 3.63) is 138 Å². The number of anilines is 1. The predicted molar refractivity (Wildman–Crippen MR) is 164 cm³/mol. The smallest absolute Gasteiger partial charge is 0.336 e. The van der Waals surface area contributed by atoms with E-state index < -0.39 is 11.9 Å². The van der Waals surface area contributed by atoms with Crippen LogP contribution in [0.2, 0.25) is 0 Å². The maximum atomic E-state index is 12.5. The van der Waals surface area contributed by atoms with Gasteiger partial charge in [0.2, 0.25) is 5.91 Å². The van der Waals surface area contributed by atoms with E-state index in [4.69, 9.17) is 9.47 Å². The lowest BCUT2D eigenvalue weighted by Crippen LogP contribution is -2.17. The molecular formula is C34H29N3O5. The standard InChI is InChI=1S/C34H29N3O5/c1-2-41-31-23-27(13-20-30(31)42-33(39)22-15-26-11-7-4-8-12-26)24-35-37-34(40)28-16-18-29(19-17-28)36-32(38)21-14-25-9-5-3-6-10-25/h3-24H,2H2,1H3,(H,36,38)(H,37,40)/b21-14+,22-15+,35-24-. The molecule has 0 aromatic heterocycles. The van der Waals surface area contributed by atoms with Gasteiger partial charge in [-0.05, 0) is 78.2 Å². The fraction of sp³-hybridized carbons (Fsp3) is 0.0588. The summed E-state index contributed by atoms with van der Waals surface area (Å²) >= 11 is 0. The topological polar surface area (TPSA) is 106 Å². The van der Waals surface area contributed by atoms with Crippen LogP contribution in [0.5, 0.6) is 11.5 Å². The van der Waals surface area contributed by atoms with Gasteiger partial charge in [-0.2, -0.15) is 5.10 Å². The first-order chi connectivity index (χ1) is 20.5. The minimum atomic E-state index is -0.539. The molecule has 4 aromatic rings. The van der Waals surface area contributed by atoms with Crippen LogP contribution in [-0.4, -0.2) is 30.6 Å². The van der Waals surface area contributed by atoms with E-state index in [9.17, 15) is 14.4 Å². The molecule has 2 N–H and O–H groups in total. The van der Waals surface area contributed by atoms with Gasteiger partial charge in [0.05, 0.1) is 12.8 Å². The summed E-state index contributed by atoms with van der Waals surface area (Å²) in [6.45, 7) is 2.18. The van der Waals surface area contributed by atoms with Crippen molar-refractivity contribution in [2.75, 3.05) is 11.9 Å². The van der Waals surface area contributed by atoms with Gasteiger partial charge in [0.1, 0.15) is 0 Å². The number of carbonyl (C=O) groups is 3. The Balaban J connectivity index is 1.30. The first-order valence-electron chi connectivity index (χ1n) is 13.2. The molecule has 0 aliphatic heterocycles. The monoisotopic (exact) mass is 559 g/mol. The van der Waals surface area contributed by atoms with Crippen molar-refractivity contribution in [3.8, 4) is 11.5 Å². The van der Waals surface area contributed by atoms with E-state index >= 15 is 0 Å². The molecule has 0 atom stereocenters. The fourth-order valence-corrected chi connectivity index (χ4v) is 3.68. The lowest BCUT2D eigenvalue weighted by Gasteiger charge is -2.10. The third-order valence-electron chi connectivity index (χ3n) is 5.71. The van der Waals surface area contributed by atoms with Crippen LogP contribution in [0.25, 0.3) is 12.2 Å². The average Bonchev–Trinajstić information content (AvgIpc) is 3.02. The number of esters is 1. The predicted octanol–water partition coefficient (Wildman–Crippen LogP) is 6.12. The first-order valence-corrected chi connectivity index (χ1v) is 13.2. The molecule has 0 heterocycles. The Morgan fingerprint density at radius 3 is 2.02 bits per heavy atom. The Bertz CT molecular complexity index is 1600.